The highest BCUT2D eigenvalue weighted by atomic mass is 16.3. The van der Waals surface area contributed by atoms with Gasteiger partial charge in [0.1, 0.15) is 28.6 Å². The van der Waals surface area contributed by atoms with Crippen LogP contribution in [0.1, 0.15) is 41.3 Å². The molecule has 0 spiro atoms. The van der Waals surface area contributed by atoms with Crippen LogP contribution in [0.15, 0.2) is 30.3 Å². The Bertz CT molecular complexity index is 704. The number of phenols is 4. The molecule has 0 aliphatic heterocycles. The predicted molar refractivity (Wildman–Crippen MR) is 86.2 cm³/mol. The largest absolute Gasteiger partial charge is 0.508 e. The molecule has 0 aliphatic rings. The van der Waals surface area contributed by atoms with E-state index in [1.54, 1.807) is 12.1 Å². The van der Waals surface area contributed by atoms with Crippen molar-refractivity contribution in [2.75, 3.05) is 0 Å². The molecule has 2 rings (SSSR count). The monoisotopic (exact) mass is 316 g/mol. The standard InChI is InChI=1S/C18H20O5/c1-2-3-13-15(21)10-16(22)17(18(13)23)14(20)9-6-11-4-7-12(19)8-5-11/h4-5,7-8,10,19,21-23H,2-3,6,9H2,1H3. The Morgan fingerprint density at radius 1 is 0.957 bits per heavy atom. The molecule has 0 aliphatic carbocycles. The van der Waals surface area contributed by atoms with Crippen LogP contribution >= 0.6 is 0 Å². The van der Waals surface area contributed by atoms with Crippen LogP contribution in [-0.2, 0) is 12.8 Å². The average Bonchev–Trinajstić information content (AvgIpc) is 2.50. The Kier molecular flexibility index (Phi) is 5.11. The first-order chi connectivity index (χ1) is 10.9. The molecule has 2 aromatic carbocycles. The van der Waals surface area contributed by atoms with Crippen molar-refractivity contribution in [3.05, 3.63) is 47.0 Å². The smallest absolute Gasteiger partial charge is 0.170 e. The van der Waals surface area contributed by atoms with E-state index < -0.39 is 11.5 Å². The number of aryl methyl sites for hydroxylation is 1. The lowest BCUT2D eigenvalue weighted by atomic mass is 9.96. The van der Waals surface area contributed by atoms with Crippen LogP contribution in [0.25, 0.3) is 0 Å². The van der Waals surface area contributed by atoms with Crippen LogP contribution < -0.4 is 0 Å². The Balaban J connectivity index is 2.21. The maximum atomic E-state index is 12.3. The summed E-state index contributed by atoms with van der Waals surface area (Å²) in [6.45, 7) is 1.89. The van der Waals surface area contributed by atoms with Gasteiger partial charge in [-0.05, 0) is 30.5 Å². The van der Waals surface area contributed by atoms with Crippen LogP contribution in [0.5, 0.6) is 23.0 Å². The first-order valence-corrected chi connectivity index (χ1v) is 7.52. The third kappa shape index (κ3) is 3.74. The van der Waals surface area contributed by atoms with Gasteiger partial charge in [0.15, 0.2) is 5.78 Å². The maximum absolute atomic E-state index is 12.3. The second kappa shape index (κ2) is 7.05. The van der Waals surface area contributed by atoms with Crippen molar-refractivity contribution in [1.82, 2.24) is 0 Å². The van der Waals surface area contributed by atoms with E-state index in [4.69, 9.17) is 0 Å². The van der Waals surface area contributed by atoms with Crippen molar-refractivity contribution in [2.24, 2.45) is 0 Å². The number of hydrogen-bond acceptors (Lipinski definition) is 5. The summed E-state index contributed by atoms with van der Waals surface area (Å²) in [6, 6.07) is 7.59. The Morgan fingerprint density at radius 3 is 2.22 bits per heavy atom. The van der Waals surface area contributed by atoms with Crippen LogP contribution in [0, 0.1) is 0 Å². The quantitative estimate of drug-likeness (QED) is 0.613. The van der Waals surface area contributed by atoms with Crippen molar-refractivity contribution >= 4 is 5.78 Å². The summed E-state index contributed by atoms with van der Waals surface area (Å²) < 4.78 is 0. The lowest BCUT2D eigenvalue weighted by molar-refractivity contribution is 0.0977. The van der Waals surface area contributed by atoms with Gasteiger partial charge < -0.3 is 20.4 Å². The van der Waals surface area contributed by atoms with E-state index in [-0.39, 0.29) is 34.8 Å². The third-order valence-corrected chi connectivity index (χ3v) is 3.72. The summed E-state index contributed by atoms with van der Waals surface area (Å²) in [7, 11) is 0. The molecule has 0 bridgehead atoms. The van der Waals surface area contributed by atoms with Crippen LogP contribution in [-0.4, -0.2) is 26.2 Å². The number of carbonyl (C=O) groups is 1. The zero-order valence-corrected chi connectivity index (χ0v) is 12.9. The number of benzene rings is 2. The molecular formula is C18H20O5. The number of Topliss-reactive ketones (excluding diaryl/α,β-unsaturated/α-hetero) is 1. The van der Waals surface area contributed by atoms with Gasteiger partial charge >= 0.3 is 0 Å². The van der Waals surface area contributed by atoms with Gasteiger partial charge in [0, 0.05) is 18.1 Å². The van der Waals surface area contributed by atoms with Crippen LogP contribution in [0.2, 0.25) is 0 Å². The Hall–Kier alpha value is -2.69. The molecule has 0 radical (unpaired) electrons. The van der Waals surface area contributed by atoms with Crippen molar-refractivity contribution in [1.29, 1.82) is 0 Å². The zero-order valence-electron chi connectivity index (χ0n) is 12.9. The average molecular weight is 316 g/mol. The fourth-order valence-corrected chi connectivity index (χ4v) is 2.50. The molecule has 4 N–H and O–H groups in total. The molecule has 5 heteroatoms. The molecule has 0 aromatic heterocycles. The van der Waals surface area contributed by atoms with E-state index >= 15 is 0 Å². The lowest BCUT2D eigenvalue weighted by Gasteiger charge is -2.12. The summed E-state index contributed by atoms with van der Waals surface area (Å²) in [6.07, 6.45) is 1.62. The lowest BCUT2D eigenvalue weighted by Crippen LogP contribution is -2.04. The van der Waals surface area contributed by atoms with Gasteiger partial charge in [-0.25, -0.2) is 0 Å². The van der Waals surface area contributed by atoms with Gasteiger partial charge in [0.25, 0.3) is 0 Å². The molecule has 2 aromatic rings. The fraction of sp³-hybridized carbons (Fsp3) is 0.278. The van der Waals surface area contributed by atoms with Crippen molar-refractivity contribution in [3.8, 4) is 23.0 Å². The topological polar surface area (TPSA) is 98.0 Å². The van der Waals surface area contributed by atoms with Gasteiger partial charge in [0.05, 0.1) is 0 Å². The normalized spacial score (nSPS) is 10.7. The number of phenolic OH excluding ortho intramolecular Hbond substituents is 4. The van der Waals surface area contributed by atoms with E-state index in [2.05, 4.69) is 0 Å². The van der Waals surface area contributed by atoms with Gasteiger partial charge in [-0.1, -0.05) is 25.5 Å². The van der Waals surface area contributed by atoms with Crippen molar-refractivity contribution < 1.29 is 25.2 Å². The summed E-state index contributed by atoms with van der Waals surface area (Å²) in [5.74, 6) is -1.23. The fourth-order valence-electron chi connectivity index (χ4n) is 2.50. The minimum Gasteiger partial charge on any atom is -0.508 e. The molecule has 0 saturated carbocycles. The molecule has 0 amide bonds. The molecule has 0 atom stereocenters. The number of aromatic hydroxyl groups is 4. The zero-order chi connectivity index (χ0) is 17.0. The number of hydrogen-bond donors (Lipinski definition) is 4. The summed E-state index contributed by atoms with van der Waals surface area (Å²) in [5.41, 5.74) is 0.992. The van der Waals surface area contributed by atoms with Gasteiger partial charge in [-0.15, -0.1) is 0 Å². The highest BCUT2D eigenvalue weighted by Crippen LogP contribution is 2.38. The molecule has 122 valence electrons. The maximum Gasteiger partial charge on any atom is 0.170 e. The van der Waals surface area contributed by atoms with Crippen LogP contribution in [0.3, 0.4) is 0 Å². The van der Waals surface area contributed by atoms with E-state index in [0.717, 1.165) is 11.6 Å². The van der Waals surface area contributed by atoms with Crippen molar-refractivity contribution in [3.63, 3.8) is 0 Å². The molecular weight excluding hydrogens is 296 g/mol. The number of rotatable bonds is 6. The SMILES string of the molecule is CCCc1c(O)cc(O)c(C(=O)CCc2ccc(O)cc2)c1O. The molecule has 0 unspecified atom stereocenters. The predicted octanol–water partition coefficient (Wildman–Crippen LogP) is 3.28. The first kappa shape index (κ1) is 16.7. The summed E-state index contributed by atoms with van der Waals surface area (Å²) in [5, 5.41) is 39.1. The highest BCUT2D eigenvalue weighted by molar-refractivity contribution is 6.02. The van der Waals surface area contributed by atoms with Crippen LogP contribution in [0.4, 0.5) is 0 Å². The second-order valence-electron chi connectivity index (χ2n) is 5.46. The molecule has 0 fully saturated rings. The van der Waals surface area contributed by atoms with Gasteiger partial charge in [0.2, 0.25) is 0 Å². The van der Waals surface area contributed by atoms with E-state index in [9.17, 15) is 25.2 Å². The van der Waals surface area contributed by atoms with E-state index in [1.807, 2.05) is 6.92 Å². The third-order valence-electron chi connectivity index (χ3n) is 3.72. The molecule has 0 heterocycles. The highest BCUT2D eigenvalue weighted by Gasteiger charge is 2.22. The van der Waals surface area contributed by atoms with Gasteiger partial charge in [-0.2, -0.15) is 0 Å². The second-order valence-corrected chi connectivity index (χ2v) is 5.46. The molecule has 23 heavy (non-hydrogen) atoms. The molecule has 5 nitrogen and oxygen atoms in total. The minimum atomic E-state index is -0.421. The first-order valence-electron chi connectivity index (χ1n) is 7.52. The summed E-state index contributed by atoms with van der Waals surface area (Å²) in [4.78, 5) is 12.3. The number of ketones is 1. The Labute approximate surface area is 134 Å². The van der Waals surface area contributed by atoms with Crippen molar-refractivity contribution in [2.45, 2.75) is 32.6 Å². The Morgan fingerprint density at radius 2 is 1.61 bits per heavy atom. The molecule has 0 saturated heterocycles. The van der Waals surface area contributed by atoms with E-state index in [0.29, 0.717) is 19.3 Å². The summed E-state index contributed by atoms with van der Waals surface area (Å²) >= 11 is 0. The van der Waals surface area contributed by atoms with Gasteiger partial charge in [-0.3, -0.25) is 4.79 Å². The van der Waals surface area contributed by atoms with E-state index in [1.165, 1.54) is 12.1 Å². The number of carbonyl (C=O) groups excluding carboxylic acids is 1. The minimum absolute atomic E-state index is 0.0994.